The Bertz CT molecular complexity index is 493. The first-order chi connectivity index (χ1) is 9.06. The van der Waals surface area contributed by atoms with E-state index in [9.17, 15) is 0 Å². The fraction of sp³-hybridized carbons (Fsp3) is 0.571. The maximum absolute atomic E-state index is 5.49. The first-order valence-electron chi connectivity index (χ1n) is 6.65. The summed E-state index contributed by atoms with van der Waals surface area (Å²) >= 11 is 1.79. The van der Waals surface area contributed by atoms with Gasteiger partial charge in [0.2, 0.25) is 11.8 Å². The minimum absolute atomic E-state index is 0.0621. The van der Waals surface area contributed by atoms with Crippen molar-refractivity contribution < 1.29 is 4.42 Å². The van der Waals surface area contributed by atoms with Gasteiger partial charge in [0.15, 0.2) is 0 Å². The van der Waals surface area contributed by atoms with Crippen LogP contribution in [0.2, 0.25) is 0 Å². The average molecular weight is 279 g/mol. The normalized spacial score (nSPS) is 14.8. The fourth-order valence-corrected chi connectivity index (χ4v) is 2.89. The molecule has 2 aromatic heterocycles. The van der Waals surface area contributed by atoms with E-state index in [4.69, 9.17) is 4.42 Å². The number of aryl methyl sites for hydroxylation is 1. The fourth-order valence-electron chi connectivity index (χ4n) is 2.09. The molecule has 4 nitrogen and oxygen atoms in total. The predicted octanol–water partition coefficient (Wildman–Crippen LogP) is 3.88. The molecule has 0 radical (unpaired) electrons. The Hall–Kier alpha value is -1.20. The summed E-state index contributed by atoms with van der Waals surface area (Å²) < 4.78 is 5.49. The Balaban J connectivity index is 2.07. The zero-order valence-corrected chi connectivity index (χ0v) is 12.7. The Morgan fingerprint density at radius 1 is 1.32 bits per heavy atom. The second-order valence-corrected chi connectivity index (χ2v) is 6.22. The summed E-state index contributed by atoms with van der Waals surface area (Å²) in [5, 5.41) is 13.7. The van der Waals surface area contributed by atoms with Gasteiger partial charge in [-0.2, -0.15) is 0 Å². The molecule has 0 fully saturated rings. The highest BCUT2D eigenvalue weighted by Crippen LogP contribution is 2.28. The molecule has 0 amide bonds. The molecule has 5 heteroatoms. The zero-order valence-electron chi connectivity index (χ0n) is 11.9. The van der Waals surface area contributed by atoms with Crippen LogP contribution in [0.3, 0.4) is 0 Å². The number of rotatable bonds is 6. The highest BCUT2D eigenvalue weighted by atomic mass is 32.1. The monoisotopic (exact) mass is 279 g/mol. The van der Waals surface area contributed by atoms with Gasteiger partial charge in [-0.3, -0.25) is 5.32 Å². The molecule has 1 N–H and O–H groups in total. The highest BCUT2D eigenvalue weighted by molar-refractivity contribution is 7.10. The summed E-state index contributed by atoms with van der Waals surface area (Å²) in [7, 11) is 0. The van der Waals surface area contributed by atoms with Crippen molar-refractivity contribution in [2.45, 2.75) is 46.2 Å². The van der Waals surface area contributed by atoms with Gasteiger partial charge in [0.1, 0.15) is 0 Å². The molecule has 0 unspecified atom stereocenters. The van der Waals surface area contributed by atoms with Crippen LogP contribution in [-0.2, 0) is 0 Å². The third-order valence-corrected chi connectivity index (χ3v) is 3.94. The maximum atomic E-state index is 5.49. The molecule has 0 aliphatic carbocycles. The van der Waals surface area contributed by atoms with Gasteiger partial charge in [0, 0.05) is 17.8 Å². The van der Waals surface area contributed by atoms with Crippen molar-refractivity contribution in [3.8, 4) is 0 Å². The van der Waals surface area contributed by atoms with E-state index in [1.54, 1.807) is 11.3 Å². The smallest absolute Gasteiger partial charge is 0.233 e. The van der Waals surface area contributed by atoms with Crippen LogP contribution in [0.15, 0.2) is 21.9 Å². The highest BCUT2D eigenvalue weighted by Gasteiger charge is 2.20. The van der Waals surface area contributed by atoms with E-state index >= 15 is 0 Å². The molecule has 0 saturated carbocycles. The first-order valence-corrected chi connectivity index (χ1v) is 7.53. The molecule has 2 aromatic rings. The van der Waals surface area contributed by atoms with Gasteiger partial charge in [0.25, 0.3) is 0 Å². The average Bonchev–Trinajstić information content (AvgIpc) is 2.97. The van der Waals surface area contributed by atoms with E-state index in [0.29, 0.717) is 23.7 Å². The molecule has 0 saturated heterocycles. The molecule has 2 atom stereocenters. The van der Waals surface area contributed by atoms with Crippen LogP contribution in [0.25, 0.3) is 0 Å². The Morgan fingerprint density at radius 3 is 2.63 bits per heavy atom. The summed E-state index contributed by atoms with van der Waals surface area (Å²) in [5.74, 6) is 1.90. The molecular formula is C14H21N3OS. The van der Waals surface area contributed by atoms with Crippen LogP contribution in [0.5, 0.6) is 0 Å². The lowest BCUT2D eigenvalue weighted by Crippen LogP contribution is -2.25. The van der Waals surface area contributed by atoms with Crippen LogP contribution < -0.4 is 5.32 Å². The van der Waals surface area contributed by atoms with Gasteiger partial charge in [-0.15, -0.1) is 21.5 Å². The van der Waals surface area contributed by atoms with Crippen LogP contribution in [-0.4, -0.2) is 10.2 Å². The van der Waals surface area contributed by atoms with E-state index in [1.165, 1.54) is 4.88 Å². The molecule has 0 aromatic carbocycles. The molecule has 19 heavy (non-hydrogen) atoms. The van der Waals surface area contributed by atoms with Crippen molar-refractivity contribution in [2.75, 3.05) is 0 Å². The van der Waals surface area contributed by atoms with Gasteiger partial charge in [-0.1, -0.05) is 19.9 Å². The van der Waals surface area contributed by atoms with Gasteiger partial charge in [-0.25, -0.2) is 0 Å². The third kappa shape index (κ3) is 3.88. The number of nitrogens with zero attached hydrogens (tertiary/aromatic N) is 2. The number of hydrogen-bond donors (Lipinski definition) is 1. The van der Waals surface area contributed by atoms with Gasteiger partial charge in [0.05, 0.1) is 6.04 Å². The van der Waals surface area contributed by atoms with E-state index in [-0.39, 0.29) is 6.04 Å². The van der Waals surface area contributed by atoms with Crippen LogP contribution >= 0.6 is 11.3 Å². The van der Waals surface area contributed by atoms with Crippen molar-refractivity contribution in [2.24, 2.45) is 5.92 Å². The van der Waals surface area contributed by atoms with Crippen molar-refractivity contribution >= 4 is 11.3 Å². The molecule has 104 valence electrons. The minimum atomic E-state index is 0.0621. The second kappa shape index (κ2) is 6.30. The largest absolute Gasteiger partial charge is 0.424 e. The molecule has 0 spiro atoms. The lowest BCUT2D eigenvalue weighted by molar-refractivity contribution is 0.346. The van der Waals surface area contributed by atoms with Gasteiger partial charge in [-0.05, 0) is 30.7 Å². The summed E-state index contributed by atoms with van der Waals surface area (Å²) in [6.07, 6.45) is 1.10. The Morgan fingerprint density at radius 2 is 2.11 bits per heavy atom. The minimum Gasteiger partial charge on any atom is -0.424 e. The molecule has 0 bridgehead atoms. The first kappa shape index (κ1) is 14.2. The lowest BCUT2D eigenvalue weighted by Gasteiger charge is -2.22. The maximum Gasteiger partial charge on any atom is 0.233 e. The van der Waals surface area contributed by atoms with Crippen LogP contribution in [0.4, 0.5) is 0 Å². The molecular weight excluding hydrogens is 258 g/mol. The van der Waals surface area contributed by atoms with E-state index in [0.717, 1.165) is 6.42 Å². The van der Waals surface area contributed by atoms with E-state index in [2.05, 4.69) is 53.8 Å². The zero-order chi connectivity index (χ0) is 13.8. The molecule has 2 heterocycles. The lowest BCUT2D eigenvalue weighted by atomic mass is 10.0. The van der Waals surface area contributed by atoms with E-state index < -0.39 is 0 Å². The number of hydrogen-bond acceptors (Lipinski definition) is 5. The summed E-state index contributed by atoms with van der Waals surface area (Å²) in [5.41, 5.74) is 0. The molecule has 0 aliphatic heterocycles. The second-order valence-electron chi connectivity index (χ2n) is 5.25. The van der Waals surface area contributed by atoms with Gasteiger partial charge < -0.3 is 4.42 Å². The summed E-state index contributed by atoms with van der Waals surface area (Å²) in [6.45, 7) is 8.36. The number of thiophene rings is 1. The number of nitrogens with one attached hydrogen (secondary N) is 1. The topological polar surface area (TPSA) is 51.0 Å². The Labute approximate surface area is 118 Å². The third-order valence-electron chi connectivity index (χ3n) is 2.96. The summed E-state index contributed by atoms with van der Waals surface area (Å²) in [6, 6.07) is 4.67. The summed E-state index contributed by atoms with van der Waals surface area (Å²) in [4.78, 5) is 1.36. The van der Waals surface area contributed by atoms with Crippen molar-refractivity contribution in [3.63, 3.8) is 0 Å². The number of aromatic nitrogens is 2. The SMILES string of the molecule is Cc1nnc([C@H](C)N[C@@H](CC(C)C)c2cccs2)o1. The standard InChI is InChI=1S/C14H21N3OS/c1-9(2)8-12(13-6-5-7-19-13)15-10(3)14-17-16-11(4)18-14/h5-7,9-10,12,15H,8H2,1-4H3/t10-,12-/m0/s1. The Kier molecular flexibility index (Phi) is 4.71. The van der Waals surface area contributed by atoms with Crippen LogP contribution in [0, 0.1) is 12.8 Å². The van der Waals surface area contributed by atoms with Crippen molar-refractivity contribution in [1.82, 2.24) is 15.5 Å². The van der Waals surface area contributed by atoms with Crippen LogP contribution in [0.1, 0.15) is 55.9 Å². The van der Waals surface area contributed by atoms with E-state index in [1.807, 2.05) is 6.92 Å². The van der Waals surface area contributed by atoms with Crippen molar-refractivity contribution in [3.05, 3.63) is 34.2 Å². The van der Waals surface area contributed by atoms with Gasteiger partial charge >= 0.3 is 0 Å². The molecule has 0 aliphatic rings. The van der Waals surface area contributed by atoms with Crippen molar-refractivity contribution in [1.29, 1.82) is 0 Å². The molecule has 2 rings (SSSR count). The quantitative estimate of drug-likeness (QED) is 0.872. The predicted molar refractivity (Wildman–Crippen MR) is 77.1 cm³/mol.